The van der Waals surface area contributed by atoms with Gasteiger partial charge in [0.1, 0.15) is 19.0 Å². The minimum atomic E-state index is -0.370. The molecule has 21 heavy (non-hydrogen) atoms. The van der Waals surface area contributed by atoms with Gasteiger partial charge < -0.3 is 15.2 Å². The number of carbonyl (C=O) groups is 1. The molecule has 0 spiro atoms. The van der Waals surface area contributed by atoms with E-state index in [0.717, 1.165) is 15.8 Å². The van der Waals surface area contributed by atoms with Gasteiger partial charge in [0.05, 0.1) is 5.56 Å². The molecule has 110 valence electrons. The Labute approximate surface area is 132 Å². The van der Waals surface area contributed by atoms with Crippen molar-refractivity contribution >= 4 is 27.6 Å². The average Bonchev–Trinajstić information content (AvgIpc) is 2.43. The molecule has 0 saturated carbocycles. The maximum absolute atomic E-state index is 11.9. The van der Waals surface area contributed by atoms with Crippen LogP contribution in [0.25, 0.3) is 0 Å². The van der Waals surface area contributed by atoms with Gasteiger partial charge in [0.15, 0.2) is 0 Å². The normalized spacial score (nSPS) is 10.2. The van der Waals surface area contributed by atoms with Crippen LogP contribution in [-0.4, -0.2) is 19.2 Å². The van der Waals surface area contributed by atoms with E-state index in [1.807, 2.05) is 31.2 Å². The summed E-state index contributed by atoms with van der Waals surface area (Å²) in [5.74, 6) is 0.356. The summed E-state index contributed by atoms with van der Waals surface area (Å²) in [6, 6.07) is 12.6. The number of aryl methyl sites for hydroxylation is 1. The Hall–Kier alpha value is -2.01. The molecule has 0 aliphatic carbocycles. The van der Waals surface area contributed by atoms with Crippen LogP contribution >= 0.6 is 15.9 Å². The minimum Gasteiger partial charge on any atom is -0.490 e. The fraction of sp³-hybridized carbons (Fsp3) is 0.188. The number of nitrogens with two attached hydrogens (primary N) is 1. The fourth-order valence-electron chi connectivity index (χ4n) is 1.84. The van der Waals surface area contributed by atoms with Gasteiger partial charge in [0.2, 0.25) is 0 Å². The molecule has 0 saturated heterocycles. The zero-order chi connectivity index (χ0) is 15.2. The van der Waals surface area contributed by atoms with Crippen LogP contribution < -0.4 is 10.5 Å². The summed E-state index contributed by atoms with van der Waals surface area (Å²) < 4.78 is 11.6. The van der Waals surface area contributed by atoms with Crippen LogP contribution in [0.5, 0.6) is 5.75 Å². The molecule has 0 atom stereocenters. The molecule has 0 fully saturated rings. The number of anilines is 1. The van der Waals surface area contributed by atoms with E-state index >= 15 is 0 Å². The first kappa shape index (κ1) is 15.4. The second kappa shape index (κ2) is 7.13. The van der Waals surface area contributed by atoms with E-state index in [1.165, 1.54) is 0 Å². The predicted molar refractivity (Wildman–Crippen MR) is 85.5 cm³/mol. The van der Waals surface area contributed by atoms with Crippen molar-refractivity contribution in [2.45, 2.75) is 6.92 Å². The summed E-state index contributed by atoms with van der Waals surface area (Å²) in [5, 5.41) is 0. The van der Waals surface area contributed by atoms with Crippen molar-refractivity contribution in [3.05, 3.63) is 58.1 Å². The van der Waals surface area contributed by atoms with Crippen LogP contribution in [0.15, 0.2) is 46.9 Å². The van der Waals surface area contributed by atoms with Crippen LogP contribution in [0, 0.1) is 6.92 Å². The smallest absolute Gasteiger partial charge is 0.338 e. The summed E-state index contributed by atoms with van der Waals surface area (Å²) in [4.78, 5) is 11.9. The lowest BCUT2D eigenvalue weighted by Crippen LogP contribution is -2.13. The van der Waals surface area contributed by atoms with E-state index in [1.54, 1.807) is 18.2 Å². The van der Waals surface area contributed by atoms with Crippen molar-refractivity contribution in [3.63, 3.8) is 0 Å². The summed E-state index contributed by atoms with van der Waals surface area (Å²) in [6.45, 7) is 2.32. The largest absolute Gasteiger partial charge is 0.490 e. The highest BCUT2D eigenvalue weighted by Gasteiger charge is 2.10. The van der Waals surface area contributed by atoms with Crippen molar-refractivity contribution in [1.82, 2.24) is 0 Å². The Balaban J connectivity index is 1.82. The quantitative estimate of drug-likeness (QED) is 0.509. The summed E-state index contributed by atoms with van der Waals surface area (Å²) in [6.07, 6.45) is 0. The molecule has 5 heteroatoms. The third kappa shape index (κ3) is 4.49. The van der Waals surface area contributed by atoms with Gasteiger partial charge in [0, 0.05) is 10.2 Å². The molecule has 4 nitrogen and oxygen atoms in total. The molecule has 0 unspecified atom stereocenters. The molecule has 2 aromatic rings. The van der Waals surface area contributed by atoms with Crippen LogP contribution in [0.1, 0.15) is 15.9 Å². The first-order valence-electron chi connectivity index (χ1n) is 6.48. The topological polar surface area (TPSA) is 61.6 Å². The third-order valence-corrected chi connectivity index (χ3v) is 3.34. The predicted octanol–water partition coefficient (Wildman–Crippen LogP) is 3.58. The number of rotatable bonds is 5. The van der Waals surface area contributed by atoms with Gasteiger partial charge in [-0.15, -0.1) is 0 Å². The van der Waals surface area contributed by atoms with Gasteiger partial charge in [-0.2, -0.15) is 0 Å². The summed E-state index contributed by atoms with van der Waals surface area (Å²) >= 11 is 3.36. The molecule has 0 amide bonds. The molecule has 0 aromatic heterocycles. The lowest BCUT2D eigenvalue weighted by atomic mass is 10.1. The molecule has 0 bridgehead atoms. The number of nitrogen functional groups attached to an aromatic ring is 1. The van der Waals surface area contributed by atoms with Crippen molar-refractivity contribution < 1.29 is 14.3 Å². The maximum Gasteiger partial charge on any atom is 0.338 e. The molecule has 2 N–H and O–H groups in total. The number of hydrogen-bond acceptors (Lipinski definition) is 4. The van der Waals surface area contributed by atoms with Gasteiger partial charge >= 0.3 is 5.97 Å². The molecular weight excluding hydrogens is 334 g/mol. The first-order valence-corrected chi connectivity index (χ1v) is 7.27. The lowest BCUT2D eigenvalue weighted by Gasteiger charge is -2.09. The van der Waals surface area contributed by atoms with Gasteiger partial charge in [-0.1, -0.05) is 22.0 Å². The van der Waals surface area contributed by atoms with Crippen molar-refractivity contribution in [3.8, 4) is 5.75 Å². The number of carbonyl (C=O) groups excluding carboxylic acids is 1. The SMILES string of the molecule is Cc1cc(N)ccc1C(=O)OCCOc1cccc(Br)c1. The Morgan fingerprint density at radius 3 is 2.71 bits per heavy atom. The Bertz CT molecular complexity index is 643. The molecule has 2 aromatic carbocycles. The van der Waals surface area contributed by atoms with Gasteiger partial charge in [-0.3, -0.25) is 0 Å². The summed E-state index contributed by atoms with van der Waals surface area (Å²) in [5.41, 5.74) is 7.60. The maximum atomic E-state index is 11.9. The molecule has 0 aliphatic rings. The minimum absolute atomic E-state index is 0.190. The van der Waals surface area contributed by atoms with E-state index in [2.05, 4.69) is 15.9 Å². The van der Waals surface area contributed by atoms with Crippen molar-refractivity contribution in [1.29, 1.82) is 0 Å². The number of halogens is 1. The van der Waals surface area contributed by atoms with Crippen LogP contribution in [0.4, 0.5) is 5.69 Å². The zero-order valence-electron chi connectivity index (χ0n) is 11.6. The first-order chi connectivity index (χ1) is 10.1. The zero-order valence-corrected chi connectivity index (χ0v) is 13.2. The highest BCUT2D eigenvalue weighted by molar-refractivity contribution is 9.10. The highest BCUT2D eigenvalue weighted by Crippen LogP contribution is 2.17. The Morgan fingerprint density at radius 1 is 1.19 bits per heavy atom. The summed E-state index contributed by atoms with van der Waals surface area (Å²) in [7, 11) is 0. The lowest BCUT2D eigenvalue weighted by molar-refractivity contribution is 0.0449. The Morgan fingerprint density at radius 2 is 2.00 bits per heavy atom. The molecule has 0 aliphatic heterocycles. The molecule has 0 heterocycles. The number of ether oxygens (including phenoxy) is 2. The molecular formula is C16H16BrNO3. The van der Waals surface area contributed by atoms with E-state index < -0.39 is 0 Å². The fourth-order valence-corrected chi connectivity index (χ4v) is 2.22. The number of esters is 1. The van der Waals surface area contributed by atoms with Gasteiger partial charge in [0.25, 0.3) is 0 Å². The van der Waals surface area contributed by atoms with Gasteiger partial charge in [-0.05, 0) is 48.9 Å². The number of hydrogen-bond donors (Lipinski definition) is 1. The second-order valence-electron chi connectivity index (χ2n) is 4.52. The molecule has 2 rings (SSSR count). The van der Waals surface area contributed by atoms with Crippen molar-refractivity contribution in [2.75, 3.05) is 18.9 Å². The van der Waals surface area contributed by atoms with Crippen LogP contribution in [0.3, 0.4) is 0 Å². The van der Waals surface area contributed by atoms with Crippen molar-refractivity contribution in [2.24, 2.45) is 0 Å². The molecule has 0 radical (unpaired) electrons. The van der Waals surface area contributed by atoms with Gasteiger partial charge in [-0.25, -0.2) is 4.79 Å². The number of benzene rings is 2. The van der Waals surface area contributed by atoms with E-state index in [-0.39, 0.29) is 12.6 Å². The second-order valence-corrected chi connectivity index (χ2v) is 5.43. The monoisotopic (exact) mass is 349 g/mol. The van der Waals surface area contributed by atoms with E-state index in [9.17, 15) is 4.79 Å². The standard InChI is InChI=1S/C16H16BrNO3/c1-11-9-13(18)5-6-15(11)16(19)21-8-7-20-14-4-2-3-12(17)10-14/h2-6,9-10H,7-8,18H2,1H3. The highest BCUT2D eigenvalue weighted by atomic mass is 79.9. The third-order valence-electron chi connectivity index (χ3n) is 2.85. The average molecular weight is 350 g/mol. The van der Waals surface area contributed by atoms with Crippen LogP contribution in [0.2, 0.25) is 0 Å². The van der Waals surface area contributed by atoms with E-state index in [0.29, 0.717) is 17.9 Å². The Kier molecular flexibility index (Phi) is 5.22. The van der Waals surface area contributed by atoms with Crippen LogP contribution in [-0.2, 0) is 4.74 Å². The van der Waals surface area contributed by atoms with E-state index in [4.69, 9.17) is 15.2 Å².